The number of hydrogen-bond donors (Lipinski definition) is 0. The molecule has 0 atom stereocenters. The molecule has 0 heterocycles. The van der Waals surface area contributed by atoms with Gasteiger partial charge in [-0.25, -0.2) is 17.6 Å². The highest BCUT2D eigenvalue weighted by atomic mass is 19.3. The normalized spacial score (nSPS) is 11.7. The first-order valence-corrected chi connectivity index (χ1v) is 8.56. The van der Waals surface area contributed by atoms with Crippen LogP contribution in [-0.4, -0.2) is 6.61 Å². The maximum atomic E-state index is 14.4. The van der Waals surface area contributed by atoms with Crippen LogP contribution in [-0.2, 0) is 6.11 Å². The quantitative estimate of drug-likeness (QED) is 0.380. The van der Waals surface area contributed by atoms with Crippen LogP contribution in [0.2, 0.25) is 0 Å². The molecule has 0 fully saturated rings. The van der Waals surface area contributed by atoms with Crippen LogP contribution in [0, 0.1) is 30.2 Å². The lowest BCUT2D eigenvalue weighted by Gasteiger charge is -2.20. The van der Waals surface area contributed by atoms with Crippen LogP contribution in [0.25, 0.3) is 11.1 Å². The van der Waals surface area contributed by atoms with Gasteiger partial charge in [0.15, 0.2) is 23.2 Å². The molecule has 2 nitrogen and oxygen atoms in total. The Labute approximate surface area is 170 Å². The molecule has 0 amide bonds. The molecule has 0 bridgehead atoms. The predicted molar refractivity (Wildman–Crippen MR) is 94.0 cm³/mol. The van der Waals surface area contributed by atoms with E-state index in [2.05, 4.69) is 9.47 Å². The lowest BCUT2D eigenvalue weighted by Crippen LogP contribution is -2.24. The third-order valence-electron chi connectivity index (χ3n) is 4.23. The summed E-state index contributed by atoms with van der Waals surface area (Å²) in [7, 11) is 0. The summed E-state index contributed by atoms with van der Waals surface area (Å²) in [5.74, 6) is -7.06. The molecule has 0 saturated heterocycles. The van der Waals surface area contributed by atoms with Gasteiger partial charge in [0.25, 0.3) is 0 Å². The Morgan fingerprint density at radius 1 is 0.806 bits per heavy atom. The van der Waals surface area contributed by atoms with E-state index >= 15 is 0 Å². The molecule has 0 N–H and O–H groups in total. The first kappa shape index (κ1) is 22.4. The molecule has 0 unspecified atom stereocenters. The van der Waals surface area contributed by atoms with E-state index in [4.69, 9.17) is 0 Å². The van der Waals surface area contributed by atoms with Crippen LogP contribution in [0.5, 0.6) is 11.5 Å². The van der Waals surface area contributed by atoms with Gasteiger partial charge in [0.05, 0.1) is 0 Å². The van der Waals surface area contributed by atoms with Gasteiger partial charge in [-0.15, -0.1) is 0 Å². The largest absolute Gasteiger partial charge is 0.432 e. The average molecular weight is 448 g/mol. The highest BCUT2D eigenvalue weighted by Gasteiger charge is 2.39. The molecule has 10 heteroatoms. The molecule has 0 aromatic heterocycles. The topological polar surface area (TPSA) is 18.5 Å². The molecule has 0 saturated carbocycles. The van der Waals surface area contributed by atoms with Gasteiger partial charge in [-0.1, -0.05) is 12.1 Å². The van der Waals surface area contributed by atoms with Crippen LogP contribution in [0.15, 0.2) is 48.5 Å². The van der Waals surface area contributed by atoms with E-state index in [1.54, 1.807) is 0 Å². The van der Waals surface area contributed by atoms with Gasteiger partial charge in [-0.2, -0.15) is 17.6 Å². The second kappa shape index (κ2) is 8.44. The molecule has 3 aromatic rings. The molecule has 3 rings (SSSR count). The van der Waals surface area contributed by atoms with Crippen molar-refractivity contribution in [3.8, 4) is 22.6 Å². The Hall–Kier alpha value is -3.30. The second-order valence-electron chi connectivity index (χ2n) is 6.34. The summed E-state index contributed by atoms with van der Waals surface area (Å²) in [6, 6.07) is 6.63. The highest BCUT2D eigenvalue weighted by molar-refractivity contribution is 5.66. The van der Waals surface area contributed by atoms with Crippen molar-refractivity contribution >= 4 is 0 Å². The van der Waals surface area contributed by atoms with E-state index in [1.165, 1.54) is 6.92 Å². The third kappa shape index (κ3) is 4.73. The Balaban J connectivity index is 1.87. The van der Waals surface area contributed by atoms with Gasteiger partial charge < -0.3 is 9.47 Å². The van der Waals surface area contributed by atoms with Gasteiger partial charge >= 0.3 is 12.7 Å². The molecule has 0 spiro atoms. The van der Waals surface area contributed by atoms with E-state index in [9.17, 15) is 35.1 Å². The molecule has 31 heavy (non-hydrogen) atoms. The smallest absolute Gasteiger partial charge is 0.429 e. The molecule has 0 aliphatic heterocycles. The van der Waals surface area contributed by atoms with Crippen molar-refractivity contribution in [2.75, 3.05) is 0 Å². The Bertz CT molecular complexity index is 1110. The molecule has 0 aliphatic rings. The Morgan fingerprint density at radius 3 is 2.13 bits per heavy atom. The van der Waals surface area contributed by atoms with Gasteiger partial charge in [-0.3, -0.25) is 0 Å². The number of halogens is 8. The van der Waals surface area contributed by atoms with Crippen LogP contribution in [0.4, 0.5) is 35.1 Å². The fourth-order valence-corrected chi connectivity index (χ4v) is 2.73. The lowest BCUT2D eigenvalue weighted by molar-refractivity contribution is -0.187. The van der Waals surface area contributed by atoms with Crippen molar-refractivity contribution in [1.29, 1.82) is 0 Å². The number of hydrogen-bond acceptors (Lipinski definition) is 2. The van der Waals surface area contributed by atoms with Gasteiger partial charge in [0.1, 0.15) is 17.1 Å². The Morgan fingerprint density at radius 2 is 1.52 bits per heavy atom. The minimum absolute atomic E-state index is 0.0958. The fraction of sp³-hybridized carbons (Fsp3) is 0.143. The van der Waals surface area contributed by atoms with E-state index in [0.29, 0.717) is 12.1 Å². The van der Waals surface area contributed by atoms with Crippen LogP contribution < -0.4 is 9.47 Å². The van der Waals surface area contributed by atoms with Crippen molar-refractivity contribution in [3.05, 3.63) is 82.9 Å². The first-order valence-electron chi connectivity index (χ1n) is 8.56. The number of rotatable bonds is 6. The molecular formula is C21H12F8O2. The zero-order chi connectivity index (χ0) is 22.9. The number of benzene rings is 3. The fourth-order valence-electron chi connectivity index (χ4n) is 2.73. The van der Waals surface area contributed by atoms with E-state index < -0.39 is 53.1 Å². The summed E-state index contributed by atoms with van der Waals surface area (Å²) >= 11 is 0. The Kier molecular flexibility index (Phi) is 6.10. The van der Waals surface area contributed by atoms with Crippen molar-refractivity contribution in [1.82, 2.24) is 0 Å². The van der Waals surface area contributed by atoms with Crippen molar-refractivity contribution in [2.24, 2.45) is 0 Å². The summed E-state index contributed by atoms with van der Waals surface area (Å²) in [6.45, 7) is -2.08. The standard InChI is InChI=1S/C21H12F8O2/c1-10-2-6-14(19(25)18(10)24)21(28,29)31-12-4-5-13(15(22)9-12)11-3-7-17(16(23)8-11)30-20(26)27/h2-9,20H,1H3. The highest BCUT2D eigenvalue weighted by Crippen LogP contribution is 2.36. The van der Waals surface area contributed by atoms with Crippen LogP contribution in [0.1, 0.15) is 11.1 Å². The second-order valence-corrected chi connectivity index (χ2v) is 6.34. The van der Waals surface area contributed by atoms with Crippen molar-refractivity contribution < 1.29 is 44.6 Å². The zero-order valence-electron chi connectivity index (χ0n) is 15.5. The molecule has 0 aliphatic carbocycles. The monoisotopic (exact) mass is 448 g/mol. The summed E-state index contributed by atoms with van der Waals surface area (Å²) in [6.07, 6.45) is -4.33. The molecule has 3 aromatic carbocycles. The predicted octanol–water partition coefficient (Wildman–Crippen LogP) is 6.95. The van der Waals surface area contributed by atoms with Crippen LogP contribution in [0.3, 0.4) is 0 Å². The summed E-state index contributed by atoms with van der Waals surface area (Å²) in [4.78, 5) is 0. The SMILES string of the molecule is Cc1ccc(C(F)(F)Oc2ccc(-c3ccc(OC(F)F)c(F)c3)c(F)c2)c(F)c1F. The summed E-state index contributed by atoms with van der Waals surface area (Å²) < 4.78 is 117. The van der Waals surface area contributed by atoms with Gasteiger partial charge in [-0.05, 0) is 48.4 Å². The van der Waals surface area contributed by atoms with Gasteiger partial charge in [0, 0.05) is 11.6 Å². The lowest BCUT2D eigenvalue weighted by atomic mass is 10.0. The minimum atomic E-state index is -4.33. The maximum absolute atomic E-state index is 14.4. The number of alkyl halides is 4. The average Bonchev–Trinajstić information content (AvgIpc) is 2.67. The first-order chi connectivity index (χ1) is 14.5. The molecule has 0 radical (unpaired) electrons. The number of ether oxygens (including phenoxy) is 2. The maximum Gasteiger partial charge on any atom is 0.429 e. The third-order valence-corrected chi connectivity index (χ3v) is 4.23. The summed E-state index contributed by atoms with van der Waals surface area (Å²) in [5.41, 5.74) is -1.92. The van der Waals surface area contributed by atoms with Gasteiger partial charge in [0.2, 0.25) is 0 Å². The van der Waals surface area contributed by atoms with Crippen molar-refractivity contribution in [2.45, 2.75) is 19.6 Å². The van der Waals surface area contributed by atoms with Crippen LogP contribution >= 0.6 is 0 Å². The van der Waals surface area contributed by atoms with Crippen molar-refractivity contribution in [3.63, 3.8) is 0 Å². The number of aryl methyl sites for hydroxylation is 1. The van der Waals surface area contributed by atoms with E-state index in [-0.39, 0.29) is 16.7 Å². The van der Waals surface area contributed by atoms with E-state index in [1.807, 2.05) is 0 Å². The van der Waals surface area contributed by atoms with E-state index in [0.717, 1.165) is 36.4 Å². The molecule has 164 valence electrons. The molecular weight excluding hydrogens is 436 g/mol. The minimum Gasteiger partial charge on any atom is -0.432 e. The summed E-state index contributed by atoms with van der Waals surface area (Å²) in [5, 5.41) is 0. The zero-order valence-corrected chi connectivity index (χ0v) is 15.5.